The summed E-state index contributed by atoms with van der Waals surface area (Å²) in [5.41, 5.74) is 7.87. The molecule has 23 heavy (non-hydrogen) atoms. The molecule has 1 aliphatic rings. The summed E-state index contributed by atoms with van der Waals surface area (Å²) in [5.74, 6) is 1.02. The molecule has 6 nitrogen and oxygen atoms in total. The predicted octanol–water partition coefficient (Wildman–Crippen LogP) is 2.45. The van der Waals surface area contributed by atoms with Gasteiger partial charge < -0.3 is 16.0 Å². The van der Waals surface area contributed by atoms with Crippen molar-refractivity contribution in [2.24, 2.45) is 0 Å². The van der Waals surface area contributed by atoms with Gasteiger partial charge in [0.15, 0.2) is 5.82 Å². The minimum Gasteiger partial charge on any atom is -0.382 e. The van der Waals surface area contributed by atoms with E-state index in [1.165, 1.54) is 6.33 Å². The highest BCUT2D eigenvalue weighted by molar-refractivity contribution is 6.35. The number of hydrogen-bond acceptors (Lipinski definition) is 5. The van der Waals surface area contributed by atoms with E-state index < -0.39 is 0 Å². The summed E-state index contributed by atoms with van der Waals surface area (Å²) >= 11 is 6.04. The molecular formula is C16H18ClN5O. The van der Waals surface area contributed by atoms with Crippen molar-refractivity contribution < 1.29 is 4.79 Å². The lowest BCUT2D eigenvalue weighted by Crippen LogP contribution is -2.23. The van der Waals surface area contributed by atoms with Crippen LogP contribution in [0.25, 0.3) is 0 Å². The van der Waals surface area contributed by atoms with E-state index in [1.807, 2.05) is 29.2 Å². The molecule has 0 radical (unpaired) electrons. The average molecular weight is 332 g/mol. The summed E-state index contributed by atoms with van der Waals surface area (Å²) < 4.78 is 0. The third kappa shape index (κ3) is 3.71. The maximum absolute atomic E-state index is 11.6. The Bertz CT molecular complexity index is 704. The number of nitrogens with two attached hydrogens (primary N) is 1. The normalized spacial score (nSPS) is 14.3. The van der Waals surface area contributed by atoms with Crippen LogP contribution in [-0.2, 0) is 17.9 Å². The highest BCUT2D eigenvalue weighted by atomic mass is 35.5. The van der Waals surface area contributed by atoms with Crippen LogP contribution in [0.1, 0.15) is 24.0 Å². The molecule has 1 aliphatic heterocycles. The number of nitrogens with zero attached hydrogens (tertiary/aromatic N) is 3. The third-order valence-corrected chi connectivity index (χ3v) is 4.22. The van der Waals surface area contributed by atoms with Gasteiger partial charge in [0.1, 0.15) is 17.2 Å². The van der Waals surface area contributed by atoms with Crippen molar-refractivity contribution in [3.05, 3.63) is 46.7 Å². The zero-order valence-corrected chi connectivity index (χ0v) is 13.4. The molecule has 1 fully saturated rings. The monoisotopic (exact) mass is 331 g/mol. The highest BCUT2D eigenvalue weighted by Crippen LogP contribution is 2.23. The third-order valence-electron chi connectivity index (χ3n) is 3.84. The number of rotatable bonds is 5. The molecule has 0 unspecified atom stereocenters. The quantitative estimate of drug-likeness (QED) is 0.879. The number of hydrogen-bond donors (Lipinski definition) is 2. The smallest absolute Gasteiger partial charge is 0.222 e. The average Bonchev–Trinajstić information content (AvgIpc) is 2.95. The van der Waals surface area contributed by atoms with E-state index in [4.69, 9.17) is 17.3 Å². The molecule has 0 bridgehead atoms. The van der Waals surface area contributed by atoms with Gasteiger partial charge in [0.25, 0.3) is 0 Å². The number of anilines is 2. The SMILES string of the molecule is Nc1ncnc(NCc2ccc(CN3CCCC3=O)cc2)c1Cl. The fourth-order valence-corrected chi connectivity index (χ4v) is 2.71. The van der Waals surface area contributed by atoms with Gasteiger partial charge in [-0.15, -0.1) is 0 Å². The molecule has 1 saturated heterocycles. The molecule has 0 spiro atoms. The Morgan fingerprint density at radius 2 is 1.96 bits per heavy atom. The number of benzene rings is 1. The second-order valence-electron chi connectivity index (χ2n) is 5.51. The van der Waals surface area contributed by atoms with Crippen molar-refractivity contribution in [3.63, 3.8) is 0 Å². The molecule has 3 N–H and O–H groups in total. The fourth-order valence-electron chi connectivity index (χ4n) is 2.55. The van der Waals surface area contributed by atoms with Crippen molar-refractivity contribution >= 4 is 29.1 Å². The van der Waals surface area contributed by atoms with Gasteiger partial charge in [-0.3, -0.25) is 4.79 Å². The molecule has 2 aromatic rings. The molecule has 0 aliphatic carbocycles. The maximum atomic E-state index is 11.6. The van der Waals surface area contributed by atoms with Crippen LogP contribution in [0.2, 0.25) is 5.02 Å². The van der Waals surface area contributed by atoms with Gasteiger partial charge in [-0.1, -0.05) is 35.9 Å². The first-order valence-corrected chi connectivity index (χ1v) is 7.87. The number of amides is 1. The summed E-state index contributed by atoms with van der Waals surface area (Å²) in [6.07, 6.45) is 3.01. The molecule has 1 aromatic heterocycles. The Hall–Kier alpha value is -2.34. The zero-order valence-electron chi connectivity index (χ0n) is 12.6. The lowest BCUT2D eigenvalue weighted by Gasteiger charge is -2.15. The van der Waals surface area contributed by atoms with Gasteiger partial charge in [0, 0.05) is 26.1 Å². The number of carbonyl (C=O) groups is 1. The second-order valence-corrected chi connectivity index (χ2v) is 5.89. The number of likely N-dealkylation sites (tertiary alicyclic amines) is 1. The number of halogens is 1. The number of nitrogens with one attached hydrogen (secondary N) is 1. The second kappa shape index (κ2) is 6.83. The van der Waals surface area contributed by atoms with Crippen LogP contribution in [0.5, 0.6) is 0 Å². The summed E-state index contributed by atoms with van der Waals surface area (Å²) in [7, 11) is 0. The largest absolute Gasteiger partial charge is 0.382 e. The van der Waals surface area contributed by atoms with Crippen LogP contribution < -0.4 is 11.1 Å². The van der Waals surface area contributed by atoms with Crippen LogP contribution in [0, 0.1) is 0 Å². The maximum Gasteiger partial charge on any atom is 0.222 e. The van der Waals surface area contributed by atoms with Gasteiger partial charge in [-0.2, -0.15) is 0 Å². The fraction of sp³-hybridized carbons (Fsp3) is 0.312. The number of carbonyl (C=O) groups excluding carboxylic acids is 1. The predicted molar refractivity (Wildman–Crippen MR) is 89.9 cm³/mol. The summed E-state index contributed by atoms with van der Waals surface area (Å²) in [5, 5.41) is 3.47. The Morgan fingerprint density at radius 1 is 1.22 bits per heavy atom. The van der Waals surface area contributed by atoms with Gasteiger partial charge in [-0.25, -0.2) is 9.97 Å². The summed E-state index contributed by atoms with van der Waals surface area (Å²) in [6.45, 7) is 2.12. The van der Waals surface area contributed by atoms with Crippen molar-refractivity contribution in [2.75, 3.05) is 17.6 Å². The first-order valence-electron chi connectivity index (χ1n) is 7.49. The topological polar surface area (TPSA) is 84.1 Å². The molecule has 7 heteroatoms. The van der Waals surface area contributed by atoms with E-state index >= 15 is 0 Å². The molecular weight excluding hydrogens is 314 g/mol. The standard InChI is InChI=1S/C16H18ClN5O/c17-14-15(18)20-10-21-16(14)19-8-11-3-5-12(6-4-11)9-22-7-1-2-13(22)23/h3-6,10H,1-2,7-9H2,(H3,18,19,20,21). The molecule has 120 valence electrons. The zero-order chi connectivity index (χ0) is 16.2. The van der Waals surface area contributed by atoms with Crippen molar-refractivity contribution in [1.29, 1.82) is 0 Å². The Morgan fingerprint density at radius 3 is 2.65 bits per heavy atom. The lowest BCUT2D eigenvalue weighted by atomic mass is 10.1. The number of nitrogen functional groups attached to an aromatic ring is 1. The Kier molecular flexibility index (Phi) is 4.62. The molecule has 1 aromatic carbocycles. The van der Waals surface area contributed by atoms with Gasteiger partial charge in [-0.05, 0) is 17.5 Å². The van der Waals surface area contributed by atoms with Crippen LogP contribution in [0.3, 0.4) is 0 Å². The Labute approximate surface area is 139 Å². The van der Waals surface area contributed by atoms with Gasteiger partial charge >= 0.3 is 0 Å². The van der Waals surface area contributed by atoms with E-state index in [0.29, 0.717) is 30.4 Å². The first-order chi connectivity index (χ1) is 11.1. The molecule has 0 atom stereocenters. The molecule has 1 amide bonds. The van der Waals surface area contributed by atoms with Crippen LogP contribution in [0.4, 0.5) is 11.6 Å². The summed E-state index contributed by atoms with van der Waals surface area (Å²) in [6, 6.07) is 8.14. The van der Waals surface area contributed by atoms with E-state index in [1.54, 1.807) is 0 Å². The van der Waals surface area contributed by atoms with Crippen molar-refractivity contribution in [2.45, 2.75) is 25.9 Å². The van der Waals surface area contributed by atoms with Gasteiger partial charge in [0.05, 0.1) is 0 Å². The highest BCUT2D eigenvalue weighted by Gasteiger charge is 2.19. The minimum absolute atomic E-state index is 0.242. The van der Waals surface area contributed by atoms with Crippen LogP contribution in [-0.4, -0.2) is 27.3 Å². The molecule has 0 saturated carbocycles. The van der Waals surface area contributed by atoms with Crippen LogP contribution in [0.15, 0.2) is 30.6 Å². The lowest BCUT2D eigenvalue weighted by molar-refractivity contribution is -0.128. The van der Waals surface area contributed by atoms with E-state index in [9.17, 15) is 4.79 Å². The van der Waals surface area contributed by atoms with Crippen molar-refractivity contribution in [3.8, 4) is 0 Å². The van der Waals surface area contributed by atoms with Crippen LogP contribution >= 0.6 is 11.6 Å². The minimum atomic E-state index is 0.242. The van der Waals surface area contributed by atoms with E-state index in [0.717, 1.165) is 24.1 Å². The summed E-state index contributed by atoms with van der Waals surface area (Å²) in [4.78, 5) is 21.4. The first kappa shape index (κ1) is 15.6. The van der Waals surface area contributed by atoms with Gasteiger partial charge in [0.2, 0.25) is 5.91 Å². The Balaban J connectivity index is 1.59. The van der Waals surface area contributed by atoms with E-state index in [-0.39, 0.29) is 11.7 Å². The van der Waals surface area contributed by atoms with Crippen molar-refractivity contribution in [1.82, 2.24) is 14.9 Å². The number of aromatic nitrogens is 2. The molecule has 2 heterocycles. The van der Waals surface area contributed by atoms with E-state index in [2.05, 4.69) is 15.3 Å². The molecule has 3 rings (SSSR count).